The molecule has 1 aliphatic rings. The number of nitrogens with one attached hydrogen (secondary N) is 1. The van der Waals surface area contributed by atoms with Crippen molar-refractivity contribution in [3.05, 3.63) is 29.8 Å². The Bertz CT molecular complexity index is 442. The lowest BCUT2D eigenvalue weighted by molar-refractivity contribution is 0.0816. The molecule has 4 N–H and O–H groups in total. The predicted octanol–water partition coefficient (Wildman–Crippen LogP) is 0.845. The Morgan fingerprint density at radius 1 is 1.35 bits per heavy atom. The number of nitrogens with zero attached hydrogens (tertiary/aromatic N) is 1. The second kappa shape index (κ2) is 7.26. The molecule has 1 heterocycles. The van der Waals surface area contributed by atoms with Gasteiger partial charge in [0.1, 0.15) is 0 Å². The van der Waals surface area contributed by atoms with Gasteiger partial charge in [0.25, 0.3) is 5.91 Å². The van der Waals surface area contributed by atoms with Crippen LogP contribution in [0.25, 0.3) is 0 Å². The Kier molecular flexibility index (Phi) is 5.38. The summed E-state index contributed by atoms with van der Waals surface area (Å²) < 4.78 is 0. The third-order valence-corrected chi connectivity index (χ3v) is 3.70. The van der Waals surface area contributed by atoms with E-state index in [1.165, 1.54) is 0 Å². The number of rotatable bonds is 5. The number of hydrogen-bond donors (Lipinski definition) is 3. The molecule has 2 rings (SSSR count). The van der Waals surface area contributed by atoms with Crippen LogP contribution in [0.2, 0.25) is 0 Å². The van der Waals surface area contributed by atoms with Crippen molar-refractivity contribution in [1.82, 2.24) is 10.2 Å². The van der Waals surface area contributed by atoms with Crippen molar-refractivity contribution < 1.29 is 9.90 Å². The van der Waals surface area contributed by atoms with Gasteiger partial charge < -0.3 is 21.1 Å². The number of amides is 1. The Labute approximate surface area is 119 Å². The number of hydrogen-bond acceptors (Lipinski definition) is 4. The molecule has 1 aliphatic heterocycles. The molecule has 1 aromatic rings. The summed E-state index contributed by atoms with van der Waals surface area (Å²) in [5.41, 5.74) is 6.81. The molecule has 0 bridgehead atoms. The third-order valence-electron chi connectivity index (χ3n) is 3.70. The van der Waals surface area contributed by atoms with Gasteiger partial charge >= 0.3 is 0 Å². The molecule has 0 spiro atoms. The average Bonchev–Trinajstić information content (AvgIpc) is 2.46. The average molecular weight is 277 g/mol. The molecule has 1 aromatic carbocycles. The molecule has 0 radical (unpaired) electrons. The summed E-state index contributed by atoms with van der Waals surface area (Å²) in [6, 6.07) is 7.09. The fraction of sp³-hybridized carbons (Fsp3) is 0.533. The van der Waals surface area contributed by atoms with Crippen LogP contribution in [0.5, 0.6) is 0 Å². The summed E-state index contributed by atoms with van der Waals surface area (Å²) >= 11 is 0. The van der Waals surface area contributed by atoms with Gasteiger partial charge in [0.05, 0.1) is 11.7 Å². The van der Waals surface area contributed by atoms with Gasteiger partial charge in [-0.05, 0) is 37.9 Å². The minimum atomic E-state index is -0.132. The quantitative estimate of drug-likeness (QED) is 0.550. The minimum absolute atomic E-state index is 0.114. The van der Waals surface area contributed by atoms with E-state index in [4.69, 9.17) is 5.73 Å². The first-order chi connectivity index (χ1) is 9.66. The van der Waals surface area contributed by atoms with E-state index in [1.807, 2.05) is 12.1 Å². The molecule has 1 amide bonds. The van der Waals surface area contributed by atoms with Crippen molar-refractivity contribution in [2.45, 2.75) is 25.4 Å². The Hall–Kier alpha value is -1.59. The van der Waals surface area contributed by atoms with Crippen molar-refractivity contribution >= 4 is 11.6 Å². The van der Waals surface area contributed by atoms with Crippen LogP contribution in [0.1, 0.15) is 29.6 Å². The highest BCUT2D eigenvalue weighted by molar-refractivity contribution is 5.98. The number of piperidine rings is 1. The zero-order chi connectivity index (χ0) is 14.4. The maximum absolute atomic E-state index is 11.9. The van der Waals surface area contributed by atoms with Gasteiger partial charge in [0.2, 0.25) is 0 Å². The number of carbonyl (C=O) groups is 1. The summed E-state index contributed by atoms with van der Waals surface area (Å²) in [5.74, 6) is -0.114. The monoisotopic (exact) mass is 277 g/mol. The predicted molar refractivity (Wildman–Crippen MR) is 79.5 cm³/mol. The standard InChI is InChI=1S/C15H23N3O2/c16-14-5-2-1-4-13(14)15(20)17-8-3-9-18-10-6-12(19)7-11-18/h1-2,4-5,12,19H,3,6-11,16H2,(H,17,20). The molecule has 5 nitrogen and oxygen atoms in total. The lowest BCUT2D eigenvalue weighted by Crippen LogP contribution is -2.37. The van der Waals surface area contributed by atoms with Crippen LogP contribution in [0.4, 0.5) is 5.69 Å². The summed E-state index contributed by atoms with van der Waals surface area (Å²) in [5, 5.41) is 12.3. The molecule has 0 aromatic heterocycles. The Morgan fingerprint density at radius 2 is 2.05 bits per heavy atom. The van der Waals surface area contributed by atoms with Gasteiger partial charge in [-0.3, -0.25) is 4.79 Å². The largest absolute Gasteiger partial charge is 0.398 e. The number of aliphatic hydroxyl groups is 1. The maximum Gasteiger partial charge on any atom is 0.253 e. The molecular formula is C15H23N3O2. The molecule has 110 valence electrons. The number of anilines is 1. The molecular weight excluding hydrogens is 254 g/mol. The molecule has 1 saturated heterocycles. The normalized spacial score (nSPS) is 17.1. The molecule has 0 atom stereocenters. The summed E-state index contributed by atoms with van der Waals surface area (Å²) in [6.07, 6.45) is 2.49. The summed E-state index contributed by atoms with van der Waals surface area (Å²) in [6.45, 7) is 3.49. The second-order valence-corrected chi connectivity index (χ2v) is 5.27. The molecule has 0 saturated carbocycles. The highest BCUT2D eigenvalue weighted by Crippen LogP contribution is 2.11. The number of nitrogens with two attached hydrogens (primary N) is 1. The van der Waals surface area contributed by atoms with E-state index in [1.54, 1.807) is 12.1 Å². The van der Waals surface area contributed by atoms with E-state index >= 15 is 0 Å². The van der Waals surface area contributed by atoms with Crippen molar-refractivity contribution in [1.29, 1.82) is 0 Å². The van der Waals surface area contributed by atoms with Crippen LogP contribution >= 0.6 is 0 Å². The van der Waals surface area contributed by atoms with Crippen molar-refractivity contribution in [2.75, 3.05) is 31.9 Å². The zero-order valence-corrected chi connectivity index (χ0v) is 11.7. The Balaban J connectivity index is 1.66. The van der Waals surface area contributed by atoms with E-state index in [-0.39, 0.29) is 12.0 Å². The number of benzene rings is 1. The topological polar surface area (TPSA) is 78.6 Å². The van der Waals surface area contributed by atoms with E-state index in [9.17, 15) is 9.90 Å². The summed E-state index contributed by atoms with van der Waals surface area (Å²) in [7, 11) is 0. The first kappa shape index (κ1) is 14.8. The maximum atomic E-state index is 11.9. The van der Waals surface area contributed by atoms with E-state index in [0.717, 1.165) is 38.9 Å². The summed E-state index contributed by atoms with van der Waals surface area (Å²) in [4.78, 5) is 14.3. The van der Waals surface area contributed by atoms with Gasteiger partial charge in [-0.25, -0.2) is 0 Å². The Morgan fingerprint density at radius 3 is 2.75 bits per heavy atom. The van der Waals surface area contributed by atoms with Crippen LogP contribution in [0.3, 0.4) is 0 Å². The van der Waals surface area contributed by atoms with E-state index in [2.05, 4.69) is 10.2 Å². The number of nitrogen functional groups attached to an aromatic ring is 1. The van der Waals surface area contributed by atoms with Crippen molar-refractivity contribution in [3.8, 4) is 0 Å². The van der Waals surface area contributed by atoms with Crippen LogP contribution in [0.15, 0.2) is 24.3 Å². The van der Waals surface area contributed by atoms with Crippen molar-refractivity contribution in [2.24, 2.45) is 0 Å². The second-order valence-electron chi connectivity index (χ2n) is 5.27. The molecule has 0 unspecified atom stereocenters. The highest BCUT2D eigenvalue weighted by Gasteiger charge is 2.16. The molecule has 5 heteroatoms. The molecule has 1 fully saturated rings. The fourth-order valence-electron chi connectivity index (χ4n) is 2.45. The molecule has 0 aliphatic carbocycles. The number of likely N-dealkylation sites (tertiary alicyclic amines) is 1. The van der Waals surface area contributed by atoms with Crippen molar-refractivity contribution in [3.63, 3.8) is 0 Å². The lowest BCUT2D eigenvalue weighted by Gasteiger charge is -2.29. The minimum Gasteiger partial charge on any atom is -0.398 e. The zero-order valence-electron chi connectivity index (χ0n) is 11.7. The van der Waals surface area contributed by atoms with Crippen LogP contribution < -0.4 is 11.1 Å². The number of para-hydroxylation sites is 1. The van der Waals surface area contributed by atoms with Gasteiger partial charge in [0, 0.05) is 25.3 Å². The highest BCUT2D eigenvalue weighted by atomic mass is 16.3. The van der Waals surface area contributed by atoms with E-state index in [0.29, 0.717) is 17.8 Å². The van der Waals surface area contributed by atoms with Crippen LogP contribution in [-0.2, 0) is 0 Å². The van der Waals surface area contributed by atoms with E-state index < -0.39 is 0 Å². The van der Waals surface area contributed by atoms with Gasteiger partial charge in [-0.2, -0.15) is 0 Å². The van der Waals surface area contributed by atoms with Crippen LogP contribution in [-0.4, -0.2) is 48.2 Å². The van der Waals surface area contributed by atoms with Gasteiger partial charge in [-0.15, -0.1) is 0 Å². The smallest absolute Gasteiger partial charge is 0.253 e. The lowest BCUT2D eigenvalue weighted by atomic mass is 10.1. The van der Waals surface area contributed by atoms with Gasteiger partial charge in [-0.1, -0.05) is 12.1 Å². The fourth-order valence-corrected chi connectivity index (χ4v) is 2.45. The first-order valence-corrected chi connectivity index (χ1v) is 7.20. The SMILES string of the molecule is Nc1ccccc1C(=O)NCCCN1CCC(O)CC1. The van der Waals surface area contributed by atoms with Gasteiger partial charge in [0.15, 0.2) is 0 Å². The third kappa shape index (κ3) is 4.21. The number of aliphatic hydroxyl groups excluding tert-OH is 1. The first-order valence-electron chi connectivity index (χ1n) is 7.20. The molecule has 20 heavy (non-hydrogen) atoms. The van der Waals surface area contributed by atoms with Crippen LogP contribution in [0, 0.1) is 0 Å². The number of carbonyl (C=O) groups excluding carboxylic acids is 1.